The van der Waals surface area contributed by atoms with Crippen LogP contribution in [-0.2, 0) is 21.8 Å². The molecule has 0 spiro atoms. The number of hydrogen-bond donors (Lipinski definition) is 1. The molecule has 10 heteroatoms. The maximum absolute atomic E-state index is 13.5. The van der Waals surface area contributed by atoms with Crippen LogP contribution in [0.3, 0.4) is 0 Å². The summed E-state index contributed by atoms with van der Waals surface area (Å²) >= 11 is 9.03. The highest BCUT2D eigenvalue weighted by molar-refractivity contribution is 8.00. The molecule has 1 saturated heterocycles. The first kappa shape index (κ1) is 25.6. The zero-order chi connectivity index (χ0) is 27.1. The number of halogens is 1. The van der Waals surface area contributed by atoms with Gasteiger partial charge in [-0.1, -0.05) is 77.2 Å². The van der Waals surface area contributed by atoms with Crippen molar-refractivity contribution < 1.29 is 19.4 Å². The zero-order valence-electron chi connectivity index (χ0n) is 20.7. The lowest BCUT2D eigenvalue weighted by Gasteiger charge is -2.22. The first-order chi connectivity index (χ1) is 18.9. The molecule has 3 heterocycles. The van der Waals surface area contributed by atoms with Gasteiger partial charge in [0.05, 0.1) is 11.6 Å². The van der Waals surface area contributed by atoms with Crippen LogP contribution in [0.4, 0.5) is 5.13 Å². The Morgan fingerprint density at radius 3 is 2.72 bits per heavy atom. The number of carbonyl (C=O) groups excluding carboxylic acids is 2. The number of benzene rings is 3. The maximum Gasteiger partial charge on any atom is 0.301 e. The molecule has 1 amide bonds. The molecule has 0 unspecified atom stereocenters. The summed E-state index contributed by atoms with van der Waals surface area (Å²) in [5.74, 6) is -0.398. The molecule has 2 aliphatic heterocycles. The Bertz CT molecular complexity index is 1620. The fourth-order valence-corrected chi connectivity index (χ4v) is 6.85. The monoisotopic (exact) mass is 575 g/mol. The second kappa shape index (κ2) is 10.5. The molecule has 4 aromatic rings. The third-order valence-electron chi connectivity index (χ3n) is 6.59. The Morgan fingerprint density at radius 1 is 1.10 bits per heavy atom. The van der Waals surface area contributed by atoms with Gasteiger partial charge in [-0.3, -0.25) is 14.5 Å². The lowest BCUT2D eigenvalue weighted by molar-refractivity contribution is -0.132. The highest BCUT2D eigenvalue weighted by atomic mass is 35.5. The van der Waals surface area contributed by atoms with Gasteiger partial charge in [-0.2, -0.15) is 0 Å². The molecule has 1 aromatic heterocycles. The third kappa shape index (κ3) is 4.93. The molecule has 1 fully saturated rings. The Kier molecular flexibility index (Phi) is 6.88. The van der Waals surface area contributed by atoms with Crippen molar-refractivity contribution in [2.45, 2.75) is 35.6 Å². The van der Waals surface area contributed by atoms with Gasteiger partial charge in [0.15, 0.2) is 4.34 Å². The lowest BCUT2D eigenvalue weighted by atomic mass is 9.94. The van der Waals surface area contributed by atoms with E-state index in [0.29, 0.717) is 32.7 Å². The van der Waals surface area contributed by atoms with E-state index in [-0.39, 0.29) is 22.6 Å². The summed E-state index contributed by atoms with van der Waals surface area (Å²) in [6.07, 6.45) is 0.720. The van der Waals surface area contributed by atoms with Crippen molar-refractivity contribution in [3.05, 3.63) is 106 Å². The van der Waals surface area contributed by atoms with Gasteiger partial charge < -0.3 is 9.84 Å². The summed E-state index contributed by atoms with van der Waals surface area (Å²) in [6, 6.07) is 21.2. The first-order valence-corrected chi connectivity index (χ1v) is 14.4. The number of thioether (sulfide) groups is 1. The summed E-state index contributed by atoms with van der Waals surface area (Å²) in [5.41, 5.74) is 3.06. The van der Waals surface area contributed by atoms with Gasteiger partial charge in [-0.15, -0.1) is 10.2 Å². The molecule has 0 bridgehead atoms. The van der Waals surface area contributed by atoms with Crippen LogP contribution in [0.5, 0.6) is 5.75 Å². The summed E-state index contributed by atoms with van der Waals surface area (Å²) in [5, 5.41) is 20.7. The van der Waals surface area contributed by atoms with E-state index in [1.165, 1.54) is 28.0 Å². The van der Waals surface area contributed by atoms with E-state index >= 15 is 0 Å². The SMILES string of the molecule is C[C@@H]1Cc2cc(/C(O)=C3\C(=O)C(=O)N(c4nnc(SCc5ccccc5)s4)[C@H]3c3cccc(Cl)c3)ccc2O1. The van der Waals surface area contributed by atoms with Crippen LogP contribution in [-0.4, -0.2) is 33.1 Å². The number of fused-ring (bicyclic) bond motifs is 1. The van der Waals surface area contributed by atoms with Crippen molar-refractivity contribution in [1.82, 2.24) is 10.2 Å². The van der Waals surface area contributed by atoms with Gasteiger partial charge >= 0.3 is 5.91 Å². The van der Waals surface area contributed by atoms with Gasteiger partial charge in [0, 0.05) is 22.8 Å². The maximum atomic E-state index is 13.5. The molecule has 1 N–H and O–H groups in total. The summed E-state index contributed by atoms with van der Waals surface area (Å²) in [6.45, 7) is 1.97. The number of aromatic nitrogens is 2. The molecule has 2 aliphatic rings. The standard InChI is InChI=1S/C29H22ClN3O4S2/c1-16-12-20-13-19(10-11-22(20)37-16)25(34)23-24(18-8-5-9-21(30)14-18)33(27(36)26(23)35)28-31-32-29(39-28)38-15-17-6-3-2-4-7-17/h2-11,13-14,16,24,34H,12,15H2,1H3/b25-23+/t16-,24+/m1/s1. The molecule has 6 rings (SSSR count). The highest BCUT2D eigenvalue weighted by Crippen LogP contribution is 2.45. The normalized spacial score (nSPS) is 19.8. The number of hydrogen-bond acceptors (Lipinski definition) is 8. The largest absolute Gasteiger partial charge is 0.507 e. The summed E-state index contributed by atoms with van der Waals surface area (Å²) in [4.78, 5) is 28.2. The minimum atomic E-state index is -0.924. The zero-order valence-corrected chi connectivity index (χ0v) is 23.1. The fourth-order valence-electron chi connectivity index (χ4n) is 4.82. The van der Waals surface area contributed by atoms with Gasteiger partial charge in [0.1, 0.15) is 17.6 Å². The van der Waals surface area contributed by atoms with Crippen molar-refractivity contribution >= 4 is 57.3 Å². The minimum Gasteiger partial charge on any atom is -0.507 e. The molecule has 196 valence electrons. The van der Waals surface area contributed by atoms with E-state index in [1.807, 2.05) is 37.3 Å². The lowest BCUT2D eigenvalue weighted by Crippen LogP contribution is -2.29. The molecule has 0 aliphatic carbocycles. The van der Waals surface area contributed by atoms with Crippen molar-refractivity contribution in [3.8, 4) is 5.75 Å². The van der Waals surface area contributed by atoms with Crippen LogP contribution >= 0.6 is 34.7 Å². The van der Waals surface area contributed by atoms with E-state index < -0.39 is 17.7 Å². The van der Waals surface area contributed by atoms with Crippen molar-refractivity contribution in [2.75, 3.05) is 4.90 Å². The number of aliphatic hydroxyl groups excluding tert-OH is 1. The predicted molar refractivity (Wildman–Crippen MR) is 152 cm³/mol. The number of carbonyl (C=O) groups is 2. The van der Waals surface area contributed by atoms with E-state index in [0.717, 1.165) is 16.9 Å². The predicted octanol–water partition coefficient (Wildman–Crippen LogP) is 6.43. The fraction of sp³-hybridized carbons (Fsp3) is 0.172. The third-order valence-corrected chi connectivity index (χ3v) is 8.95. The van der Waals surface area contributed by atoms with Crippen LogP contribution < -0.4 is 9.64 Å². The molecule has 0 saturated carbocycles. The number of ketones is 1. The Morgan fingerprint density at radius 2 is 1.92 bits per heavy atom. The number of amides is 1. The van der Waals surface area contributed by atoms with Crippen LogP contribution in [0.2, 0.25) is 5.02 Å². The van der Waals surface area contributed by atoms with E-state index in [2.05, 4.69) is 10.2 Å². The molecule has 7 nitrogen and oxygen atoms in total. The average molecular weight is 576 g/mol. The van der Waals surface area contributed by atoms with Crippen molar-refractivity contribution in [2.24, 2.45) is 0 Å². The summed E-state index contributed by atoms with van der Waals surface area (Å²) < 4.78 is 6.44. The highest BCUT2D eigenvalue weighted by Gasteiger charge is 2.48. The Hall–Kier alpha value is -3.66. The number of rotatable bonds is 6. The summed E-state index contributed by atoms with van der Waals surface area (Å²) in [7, 11) is 0. The van der Waals surface area contributed by atoms with Crippen LogP contribution in [0.15, 0.2) is 82.7 Å². The molecular formula is C29H22ClN3O4S2. The van der Waals surface area contributed by atoms with Crippen molar-refractivity contribution in [1.29, 1.82) is 0 Å². The Balaban J connectivity index is 1.40. The molecule has 0 radical (unpaired) electrons. The number of ether oxygens (including phenoxy) is 1. The quantitative estimate of drug-likeness (QED) is 0.0930. The van der Waals surface area contributed by atoms with Gasteiger partial charge in [-0.05, 0) is 53.9 Å². The van der Waals surface area contributed by atoms with Gasteiger partial charge in [0.2, 0.25) is 5.13 Å². The van der Waals surface area contributed by atoms with Crippen LogP contribution in [0, 0.1) is 0 Å². The first-order valence-electron chi connectivity index (χ1n) is 12.3. The van der Waals surface area contributed by atoms with Gasteiger partial charge in [-0.25, -0.2) is 0 Å². The van der Waals surface area contributed by atoms with Gasteiger partial charge in [0.25, 0.3) is 5.78 Å². The van der Waals surface area contributed by atoms with Crippen LogP contribution in [0.25, 0.3) is 5.76 Å². The number of aliphatic hydroxyl groups is 1. The minimum absolute atomic E-state index is 0.0251. The topological polar surface area (TPSA) is 92.6 Å². The Labute approximate surface area is 238 Å². The molecular weight excluding hydrogens is 554 g/mol. The second-order valence-corrected chi connectivity index (χ2v) is 11.9. The van der Waals surface area contributed by atoms with E-state index in [4.69, 9.17) is 16.3 Å². The number of nitrogens with zero attached hydrogens (tertiary/aromatic N) is 3. The van der Waals surface area contributed by atoms with E-state index in [1.54, 1.807) is 42.5 Å². The van der Waals surface area contributed by atoms with Crippen molar-refractivity contribution in [3.63, 3.8) is 0 Å². The molecule has 39 heavy (non-hydrogen) atoms. The number of Topliss-reactive ketones (excluding diaryl/α,β-unsaturated/α-hetero) is 1. The second-order valence-electron chi connectivity index (χ2n) is 9.30. The van der Waals surface area contributed by atoms with Crippen LogP contribution in [0.1, 0.15) is 35.2 Å². The smallest absolute Gasteiger partial charge is 0.301 e. The molecule has 3 aromatic carbocycles. The molecule has 2 atom stereocenters. The number of anilines is 1. The average Bonchev–Trinajstić information content (AvgIpc) is 3.62. The van der Waals surface area contributed by atoms with E-state index in [9.17, 15) is 14.7 Å².